The number of carbonyl (C=O) groups is 1. The van der Waals surface area contributed by atoms with E-state index in [1.165, 1.54) is 5.56 Å². The number of hydrogen-bond acceptors (Lipinski definition) is 3. The zero-order chi connectivity index (χ0) is 15.3. The molecule has 1 aromatic carbocycles. The third kappa shape index (κ3) is 4.15. The molecule has 0 heterocycles. The summed E-state index contributed by atoms with van der Waals surface area (Å²) in [5, 5.41) is 8.99. The minimum absolute atomic E-state index is 0.153. The van der Waals surface area contributed by atoms with Gasteiger partial charge in [-0.3, -0.25) is 9.69 Å². The van der Waals surface area contributed by atoms with Gasteiger partial charge in [-0.05, 0) is 58.2 Å². The number of ketones is 1. The number of hydrogen-bond donors (Lipinski definition) is 1. The van der Waals surface area contributed by atoms with Crippen LogP contribution in [-0.4, -0.2) is 41.0 Å². The van der Waals surface area contributed by atoms with E-state index < -0.39 is 0 Å². The summed E-state index contributed by atoms with van der Waals surface area (Å²) in [7, 11) is 0. The molecule has 0 saturated heterocycles. The van der Waals surface area contributed by atoms with Crippen molar-refractivity contribution in [3.63, 3.8) is 0 Å². The van der Waals surface area contributed by atoms with Crippen LogP contribution in [-0.2, 0) is 0 Å². The zero-order valence-corrected chi connectivity index (χ0v) is 13.3. The number of aliphatic hydroxyl groups is 1. The van der Waals surface area contributed by atoms with Gasteiger partial charge in [0.25, 0.3) is 0 Å². The van der Waals surface area contributed by atoms with Gasteiger partial charge in [0.2, 0.25) is 0 Å². The van der Waals surface area contributed by atoms with Gasteiger partial charge in [-0.2, -0.15) is 0 Å². The van der Waals surface area contributed by atoms with E-state index in [0.29, 0.717) is 6.42 Å². The van der Waals surface area contributed by atoms with Gasteiger partial charge in [0.1, 0.15) is 0 Å². The molecule has 3 heteroatoms. The molecule has 0 fully saturated rings. The number of nitrogens with zero attached hydrogens (tertiary/aromatic N) is 1. The van der Waals surface area contributed by atoms with Crippen molar-refractivity contribution in [1.82, 2.24) is 4.90 Å². The van der Waals surface area contributed by atoms with Crippen LogP contribution in [0.3, 0.4) is 0 Å². The fraction of sp³-hybridized carbons (Fsp3) is 0.588. The summed E-state index contributed by atoms with van der Waals surface area (Å²) in [6.45, 7) is 11.1. The zero-order valence-electron chi connectivity index (χ0n) is 13.3. The van der Waals surface area contributed by atoms with E-state index in [0.717, 1.165) is 17.7 Å². The van der Waals surface area contributed by atoms with Gasteiger partial charge in [0.15, 0.2) is 5.78 Å². The average molecular weight is 277 g/mol. The molecule has 1 N–H and O–H groups in total. The van der Waals surface area contributed by atoms with E-state index in [1.807, 2.05) is 32.0 Å². The third-order valence-electron chi connectivity index (χ3n) is 3.91. The molecule has 0 aromatic heterocycles. The van der Waals surface area contributed by atoms with Gasteiger partial charge in [-0.15, -0.1) is 0 Å². The SMILES string of the molecule is Cc1ccc(C(=O)C(C)N(CCCO)C(C)C)cc1C. The van der Waals surface area contributed by atoms with E-state index in [-0.39, 0.29) is 24.5 Å². The lowest BCUT2D eigenvalue weighted by Gasteiger charge is -2.31. The molecule has 1 aromatic rings. The minimum Gasteiger partial charge on any atom is -0.396 e. The van der Waals surface area contributed by atoms with Crippen LogP contribution in [0, 0.1) is 13.8 Å². The highest BCUT2D eigenvalue weighted by Crippen LogP contribution is 2.16. The molecule has 1 rings (SSSR count). The Morgan fingerprint density at radius 3 is 2.35 bits per heavy atom. The summed E-state index contributed by atoms with van der Waals surface area (Å²) in [6, 6.07) is 6.00. The van der Waals surface area contributed by atoms with Crippen LogP contribution in [0.5, 0.6) is 0 Å². The summed E-state index contributed by atoms with van der Waals surface area (Å²) in [5.74, 6) is 0.153. The van der Waals surface area contributed by atoms with Crippen molar-refractivity contribution >= 4 is 5.78 Å². The summed E-state index contributed by atoms with van der Waals surface area (Å²) >= 11 is 0. The van der Waals surface area contributed by atoms with Crippen molar-refractivity contribution in [3.05, 3.63) is 34.9 Å². The third-order valence-corrected chi connectivity index (χ3v) is 3.91. The number of Topliss-reactive ketones (excluding diaryl/α,β-unsaturated/α-hetero) is 1. The largest absolute Gasteiger partial charge is 0.396 e. The molecular formula is C17H27NO2. The first-order valence-corrected chi connectivity index (χ1v) is 7.36. The Morgan fingerprint density at radius 1 is 1.20 bits per heavy atom. The Balaban J connectivity index is 2.89. The maximum absolute atomic E-state index is 12.6. The normalized spacial score (nSPS) is 13.0. The summed E-state index contributed by atoms with van der Waals surface area (Å²) in [5.41, 5.74) is 3.12. The van der Waals surface area contributed by atoms with Crippen LogP contribution < -0.4 is 0 Å². The standard InChI is InChI=1S/C17H27NO2/c1-12(2)18(9-6-10-19)15(5)17(20)16-8-7-13(3)14(4)11-16/h7-8,11-12,15,19H,6,9-10H2,1-5H3. The van der Waals surface area contributed by atoms with E-state index in [4.69, 9.17) is 5.11 Å². The highest BCUT2D eigenvalue weighted by atomic mass is 16.3. The molecule has 0 saturated carbocycles. The van der Waals surface area contributed by atoms with E-state index >= 15 is 0 Å². The first kappa shape index (κ1) is 16.9. The van der Waals surface area contributed by atoms with Crippen molar-refractivity contribution < 1.29 is 9.90 Å². The Labute approximate surface area is 122 Å². The van der Waals surface area contributed by atoms with Crippen LogP contribution in [0.25, 0.3) is 0 Å². The van der Waals surface area contributed by atoms with Gasteiger partial charge < -0.3 is 5.11 Å². The molecule has 0 aliphatic heterocycles. The first-order chi connectivity index (χ1) is 9.38. The van der Waals surface area contributed by atoms with Crippen LogP contribution in [0.15, 0.2) is 18.2 Å². The molecule has 0 radical (unpaired) electrons. The van der Waals surface area contributed by atoms with Crippen molar-refractivity contribution in [3.8, 4) is 0 Å². The quantitative estimate of drug-likeness (QED) is 0.779. The fourth-order valence-corrected chi connectivity index (χ4v) is 2.44. The smallest absolute Gasteiger partial charge is 0.179 e. The second-order valence-corrected chi connectivity index (χ2v) is 5.75. The van der Waals surface area contributed by atoms with Crippen molar-refractivity contribution in [2.24, 2.45) is 0 Å². The predicted octanol–water partition coefficient (Wildman–Crippen LogP) is 2.97. The van der Waals surface area contributed by atoms with Gasteiger partial charge in [-0.1, -0.05) is 12.1 Å². The highest BCUT2D eigenvalue weighted by Gasteiger charge is 2.24. The van der Waals surface area contributed by atoms with E-state index in [2.05, 4.69) is 25.7 Å². The van der Waals surface area contributed by atoms with Gasteiger partial charge >= 0.3 is 0 Å². The Hall–Kier alpha value is -1.19. The van der Waals surface area contributed by atoms with Crippen LogP contribution in [0.1, 0.15) is 48.7 Å². The molecule has 0 bridgehead atoms. The molecule has 1 unspecified atom stereocenters. The topological polar surface area (TPSA) is 40.5 Å². The fourth-order valence-electron chi connectivity index (χ4n) is 2.44. The number of rotatable bonds is 7. The highest BCUT2D eigenvalue weighted by molar-refractivity contribution is 6.00. The van der Waals surface area contributed by atoms with Crippen LogP contribution in [0.2, 0.25) is 0 Å². The molecule has 0 amide bonds. The van der Waals surface area contributed by atoms with Crippen molar-refractivity contribution in [2.75, 3.05) is 13.2 Å². The first-order valence-electron chi connectivity index (χ1n) is 7.36. The van der Waals surface area contributed by atoms with Crippen molar-refractivity contribution in [2.45, 2.75) is 53.1 Å². The van der Waals surface area contributed by atoms with E-state index in [9.17, 15) is 4.79 Å². The number of carbonyl (C=O) groups excluding carboxylic acids is 1. The summed E-state index contributed by atoms with van der Waals surface area (Å²) in [6.07, 6.45) is 0.697. The second-order valence-electron chi connectivity index (χ2n) is 5.75. The number of aryl methyl sites for hydroxylation is 2. The van der Waals surface area contributed by atoms with Crippen LogP contribution >= 0.6 is 0 Å². The average Bonchev–Trinajstić information content (AvgIpc) is 2.41. The molecule has 20 heavy (non-hydrogen) atoms. The van der Waals surface area contributed by atoms with Gasteiger partial charge in [-0.25, -0.2) is 0 Å². The molecular weight excluding hydrogens is 250 g/mol. The van der Waals surface area contributed by atoms with Crippen LogP contribution in [0.4, 0.5) is 0 Å². The number of aliphatic hydroxyl groups excluding tert-OH is 1. The molecule has 112 valence electrons. The molecule has 1 atom stereocenters. The molecule has 0 aliphatic rings. The van der Waals surface area contributed by atoms with Gasteiger partial charge in [0, 0.05) is 24.8 Å². The second kappa shape index (κ2) is 7.55. The maximum Gasteiger partial charge on any atom is 0.179 e. The van der Waals surface area contributed by atoms with Crippen molar-refractivity contribution in [1.29, 1.82) is 0 Å². The lowest BCUT2D eigenvalue weighted by Crippen LogP contribution is -2.44. The van der Waals surface area contributed by atoms with E-state index in [1.54, 1.807) is 0 Å². The molecule has 3 nitrogen and oxygen atoms in total. The van der Waals surface area contributed by atoms with Gasteiger partial charge in [0.05, 0.1) is 6.04 Å². The Morgan fingerprint density at radius 2 is 1.85 bits per heavy atom. The Bertz CT molecular complexity index is 454. The Kier molecular flexibility index (Phi) is 6.37. The lowest BCUT2D eigenvalue weighted by atomic mass is 9.99. The number of benzene rings is 1. The predicted molar refractivity (Wildman–Crippen MR) is 83.3 cm³/mol. The molecule has 0 spiro atoms. The minimum atomic E-state index is -0.163. The maximum atomic E-state index is 12.6. The molecule has 0 aliphatic carbocycles. The summed E-state index contributed by atoms with van der Waals surface area (Å²) in [4.78, 5) is 14.8. The lowest BCUT2D eigenvalue weighted by molar-refractivity contribution is 0.0772. The monoisotopic (exact) mass is 277 g/mol. The summed E-state index contributed by atoms with van der Waals surface area (Å²) < 4.78 is 0.